The van der Waals surface area contributed by atoms with Crippen LogP contribution >= 0.6 is 24.8 Å². The molecule has 0 saturated carbocycles. The molecule has 8 nitrogen and oxygen atoms in total. The van der Waals surface area contributed by atoms with E-state index < -0.39 is 6.04 Å². The highest BCUT2D eigenvalue weighted by molar-refractivity contribution is 5.85. The highest BCUT2D eigenvalue weighted by atomic mass is 35.5. The van der Waals surface area contributed by atoms with Crippen molar-refractivity contribution in [1.29, 1.82) is 0 Å². The molecule has 1 unspecified atom stereocenters. The molecule has 3 N–H and O–H groups in total. The molecule has 25 heavy (non-hydrogen) atoms. The summed E-state index contributed by atoms with van der Waals surface area (Å²) < 4.78 is 2.15. The van der Waals surface area contributed by atoms with Crippen LogP contribution in [0.25, 0.3) is 0 Å². The van der Waals surface area contributed by atoms with Gasteiger partial charge in [0.25, 0.3) is 0 Å². The Balaban J connectivity index is 0.00000113. The molecule has 0 bridgehead atoms. The van der Waals surface area contributed by atoms with Crippen LogP contribution in [0.1, 0.15) is 48.3 Å². The first kappa shape index (κ1) is 19.7. The molecule has 0 spiro atoms. The van der Waals surface area contributed by atoms with Crippen molar-refractivity contribution in [2.45, 2.75) is 51.2 Å². The summed E-state index contributed by atoms with van der Waals surface area (Å²) in [7, 11) is 0. The van der Waals surface area contributed by atoms with Gasteiger partial charge < -0.3 is 20.2 Å². The van der Waals surface area contributed by atoms with Crippen molar-refractivity contribution in [3.8, 4) is 0 Å². The Labute approximate surface area is 158 Å². The van der Waals surface area contributed by atoms with Crippen LogP contribution in [0.2, 0.25) is 0 Å². The Morgan fingerprint density at radius 2 is 2.12 bits per heavy atom. The first-order chi connectivity index (χ1) is 11.3. The third kappa shape index (κ3) is 3.96. The second-order valence-corrected chi connectivity index (χ2v) is 6.12. The third-order valence-electron chi connectivity index (χ3n) is 4.62. The number of hydrogen-bond donors (Lipinski definition) is 3. The van der Waals surface area contributed by atoms with Crippen LogP contribution in [0.4, 0.5) is 0 Å². The van der Waals surface area contributed by atoms with E-state index >= 15 is 0 Å². The van der Waals surface area contributed by atoms with Crippen molar-refractivity contribution in [2.75, 3.05) is 6.54 Å². The van der Waals surface area contributed by atoms with Gasteiger partial charge in [0, 0.05) is 31.6 Å². The molecule has 0 aromatic carbocycles. The molecule has 0 aliphatic carbocycles. The fourth-order valence-corrected chi connectivity index (χ4v) is 3.38. The molecule has 2 aliphatic heterocycles. The van der Waals surface area contributed by atoms with Crippen molar-refractivity contribution in [3.63, 3.8) is 0 Å². The number of nitrogens with one attached hydrogen (secondary N) is 3. The van der Waals surface area contributed by atoms with Crippen molar-refractivity contribution < 1.29 is 4.79 Å². The molecule has 1 amide bonds. The number of halogens is 2. The minimum absolute atomic E-state index is 0. The zero-order valence-corrected chi connectivity index (χ0v) is 15.5. The van der Waals surface area contributed by atoms with Gasteiger partial charge in [0.2, 0.25) is 5.91 Å². The lowest BCUT2D eigenvalue weighted by Crippen LogP contribution is -2.41. The fraction of sp³-hybridized carbons (Fsp3) is 0.600. The number of aromatic amines is 1. The molecule has 138 valence electrons. The highest BCUT2D eigenvalue weighted by Gasteiger charge is 2.28. The number of aromatic nitrogens is 5. The molecule has 1 atom stereocenters. The molecule has 2 aliphatic rings. The Bertz CT molecular complexity index is 715. The van der Waals surface area contributed by atoms with Gasteiger partial charge in [0.1, 0.15) is 11.9 Å². The molecule has 0 radical (unpaired) electrons. The number of rotatable bonds is 3. The van der Waals surface area contributed by atoms with Crippen LogP contribution in [0.5, 0.6) is 0 Å². The normalized spacial score (nSPS) is 18.8. The van der Waals surface area contributed by atoms with Gasteiger partial charge in [0.15, 0.2) is 5.82 Å². The standard InChI is InChI=1S/C15H21N7O.2ClH/c23-15(14-13-10(5-6-16-14)18-9-19-13)17-8-12-21-20-11-4-2-1-3-7-22(11)12;;/h9,14,16H,1-8H2,(H,17,23)(H,18,19);2*1H. The summed E-state index contributed by atoms with van der Waals surface area (Å²) in [6.45, 7) is 2.12. The van der Waals surface area contributed by atoms with Gasteiger partial charge in [-0.3, -0.25) is 4.79 Å². The minimum atomic E-state index is -0.392. The largest absolute Gasteiger partial charge is 0.348 e. The topological polar surface area (TPSA) is 101 Å². The van der Waals surface area contributed by atoms with E-state index in [0.29, 0.717) is 6.54 Å². The van der Waals surface area contributed by atoms with E-state index in [4.69, 9.17) is 0 Å². The van der Waals surface area contributed by atoms with Crippen LogP contribution in [-0.4, -0.2) is 37.2 Å². The Morgan fingerprint density at radius 1 is 1.24 bits per heavy atom. The lowest BCUT2D eigenvalue weighted by Gasteiger charge is -2.22. The maximum Gasteiger partial charge on any atom is 0.243 e. The molecule has 0 saturated heterocycles. The summed E-state index contributed by atoms with van der Waals surface area (Å²) in [5.41, 5.74) is 1.84. The highest BCUT2D eigenvalue weighted by Crippen LogP contribution is 2.19. The monoisotopic (exact) mass is 387 g/mol. The van der Waals surface area contributed by atoms with Gasteiger partial charge in [-0.15, -0.1) is 35.0 Å². The molecule has 2 aromatic heterocycles. The third-order valence-corrected chi connectivity index (χ3v) is 4.62. The number of carbonyl (C=O) groups excluding carboxylic acids is 1. The maximum atomic E-state index is 12.5. The predicted octanol–water partition coefficient (Wildman–Crippen LogP) is 1.07. The minimum Gasteiger partial charge on any atom is -0.348 e. The van der Waals surface area contributed by atoms with E-state index in [0.717, 1.165) is 55.4 Å². The molecule has 4 rings (SSSR count). The number of amides is 1. The van der Waals surface area contributed by atoms with Crippen LogP contribution < -0.4 is 10.6 Å². The van der Waals surface area contributed by atoms with Crippen molar-refractivity contribution in [1.82, 2.24) is 35.4 Å². The van der Waals surface area contributed by atoms with Gasteiger partial charge in [-0.1, -0.05) is 6.42 Å². The lowest BCUT2D eigenvalue weighted by molar-refractivity contribution is -0.123. The summed E-state index contributed by atoms with van der Waals surface area (Å²) in [4.78, 5) is 19.9. The average molecular weight is 388 g/mol. The lowest BCUT2D eigenvalue weighted by atomic mass is 10.1. The van der Waals surface area contributed by atoms with Crippen molar-refractivity contribution >= 4 is 30.7 Å². The predicted molar refractivity (Wildman–Crippen MR) is 97.0 cm³/mol. The summed E-state index contributed by atoms with van der Waals surface area (Å²) in [5, 5.41) is 14.7. The summed E-state index contributed by atoms with van der Waals surface area (Å²) >= 11 is 0. The zero-order valence-electron chi connectivity index (χ0n) is 13.8. The van der Waals surface area contributed by atoms with E-state index in [9.17, 15) is 4.79 Å². The smallest absolute Gasteiger partial charge is 0.243 e. The number of hydrogen-bond acceptors (Lipinski definition) is 5. The van der Waals surface area contributed by atoms with E-state index in [1.165, 1.54) is 12.8 Å². The molecular weight excluding hydrogens is 365 g/mol. The molecule has 4 heterocycles. The van der Waals surface area contributed by atoms with Crippen LogP contribution in [0.3, 0.4) is 0 Å². The van der Waals surface area contributed by atoms with Gasteiger partial charge in [-0.25, -0.2) is 4.98 Å². The number of fused-ring (bicyclic) bond motifs is 2. The van der Waals surface area contributed by atoms with E-state index in [1.54, 1.807) is 6.33 Å². The Morgan fingerprint density at radius 3 is 3.00 bits per heavy atom. The van der Waals surface area contributed by atoms with Gasteiger partial charge >= 0.3 is 0 Å². The molecule has 10 heteroatoms. The number of H-pyrrole nitrogens is 1. The summed E-state index contributed by atoms with van der Waals surface area (Å²) in [5.74, 6) is 1.81. The summed E-state index contributed by atoms with van der Waals surface area (Å²) in [6, 6.07) is -0.392. The summed E-state index contributed by atoms with van der Waals surface area (Å²) in [6.07, 6.45) is 7.03. The molecule has 2 aromatic rings. The van der Waals surface area contributed by atoms with Crippen molar-refractivity contribution in [3.05, 3.63) is 29.4 Å². The quantitative estimate of drug-likeness (QED) is 0.731. The molecular formula is C15H23Cl2N7O. The number of nitrogens with zero attached hydrogens (tertiary/aromatic N) is 4. The van der Waals surface area contributed by atoms with Crippen LogP contribution in [-0.2, 0) is 30.7 Å². The maximum absolute atomic E-state index is 12.5. The van der Waals surface area contributed by atoms with Gasteiger partial charge in [0.05, 0.1) is 18.6 Å². The fourth-order valence-electron chi connectivity index (χ4n) is 3.38. The van der Waals surface area contributed by atoms with Gasteiger partial charge in [-0.05, 0) is 12.8 Å². The zero-order chi connectivity index (χ0) is 15.6. The Kier molecular flexibility index (Phi) is 6.80. The second kappa shape index (κ2) is 8.64. The van der Waals surface area contributed by atoms with E-state index in [2.05, 4.69) is 35.4 Å². The number of imidazole rings is 1. The van der Waals surface area contributed by atoms with E-state index in [-0.39, 0.29) is 30.7 Å². The SMILES string of the molecule is Cl.Cl.O=C(NCc1nnc2n1CCCCC2)C1NCCc2[nH]cnc21. The average Bonchev–Trinajstić information content (AvgIpc) is 3.13. The number of carbonyl (C=O) groups is 1. The number of aryl methyl sites for hydroxylation is 1. The van der Waals surface area contributed by atoms with E-state index in [1.807, 2.05) is 0 Å². The first-order valence-electron chi connectivity index (χ1n) is 8.27. The van der Waals surface area contributed by atoms with Gasteiger partial charge in [-0.2, -0.15) is 0 Å². The molecule has 0 fully saturated rings. The second-order valence-electron chi connectivity index (χ2n) is 6.12. The first-order valence-corrected chi connectivity index (χ1v) is 8.27. The van der Waals surface area contributed by atoms with Crippen LogP contribution in [0.15, 0.2) is 6.33 Å². The van der Waals surface area contributed by atoms with Crippen molar-refractivity contribution in [2.24, 2.45) is 0 Å². The van der Waals surface area contributed by atoms with Crippen LogP contribution in [0, 0.1) is 0 Å². The Hall–Kier alpha value is -1.64.